The molecule has 0 radical (unpaired) electrons. The van der Waals surface area contributed by atoms with Gasteiger partial charge < -0.3 is 4.52 Å². The Morgan fingerprint density at radius 2 is 1.68 bits per heavy atom. The molecular formula is C14H10ClN3O. The van der Waals surface area contributed by atoms with Crippen molar-refractivity contribution in [2.24, 2.45) is 0 Å². The average Bonchev–Trinajstić information content (AvgIpc) is 2.83. The van der Waals surface area contributed by atoms with Crippen molar-refractivity contribution < 1.29 is 9.20 Å². The first kappa shape index (κ1) is 11.7. The molecule has 0 aliphatic carbocycles. The summed E-state index contributed by atoms with van der Waals surface area (Å²) in [6.07, 6.45) is 0. The molecule has 4 nitrogen and oxygen atoms in total. The van der Waals surface area contributed by atoms with Crippen molar-refractivity contribution in [2.75, 3.05) is 0 Å². The molecule has 19 heavy (non-hydrogen) atoms. The first-order valence-corrected chi connectivity index (χ1v) is 6.08. The van der Waals surface area contributed by atoms with Crippen LogP contribution in [-0.4, -0.2) is 0 Å². The molecule has 2 aromatic carbocycles. The molecule has 1 heterocycles. The maximum absolute atomic E-state index is 7.85. The van der Waals surface area contributed by atoms with E-state index in [0.717, 1.165) is 11.3 Å². The molecule has 3 rings (SSSR count). The highest BCUT2D eigenvalue weighted by Gasteiger charge is 2.16. The molecule has 0 saturated carbocycles. The van der Waals surface area contributed by atoms with Crippen LogP contribution in [0.3, 0.4) is 0 Å². The normalized spacial score (nSPS) is 10.6. The van der Waals surface area contributed by atoms with Gasteiger partial charge in [0.25, 0.3) is 11.2 Å². The first-order valence-electron chi connectivity index (χ1n) is 5.70. The standard InChI is InChI=1S/C14H10ClN3O/c15-11-8-6-10(7-9-11)13-14(16)19-17-18(13)12-4-2-1-3-5-12/h1-9,16H. The van der Waals surface area contributed by atoms with Gasteiger partial charge in [-0.15, -0.1) is 0 Å². The summed E-state index contributed by atoms with van der Waals surface area (Å²) in [7, 11) is 0. The van der Waals surface area contributed by atoms with Gasteiger partial charge in [0.05, 0.1) is 5.56 Å². The van der Waals surface area contributed by atoms with Gasteiger partial charge in [0.2, 0.25) is 5.69 Å². The summed E-state index contributed by atoms with van der Waals surface area (Å²) < 4.78 is 6.58. The van der Waals surface area contributed by atoms with Crippen molar-refractivity contribution in [1.82, 2.24) is 5.27 Å². The number of hydrogen-bond acceptors (Lipinski definition) is 2. The zero-order valence-corrected chi connectivity index (χ0v) is 10.6. The van der Waals surface area contributed by atoms with Crippen LogP contribution in [0.15, 0.2) is 59.1 Å². The smallest absolute Gasteiger partial charge is 0.274 e. The number of aromatic nitrogens is 2. The van der Waals surface area contributed by atoms with Crippen molar-refractivity contribution in [1.29, 1.82) is 5.41 Å². The number of hydrogen-bond donors (Lipinski definition) is 1. The third-order valence-electron chi connectivity index (χ3n) is 2.76. The van der Waals surface area contributed by atoms with Gasteiger partial charge in [0.15, 0.2) is 0 Å². The van der Waals surface area contributed by atoms with Crippen molar-refractivity contribution in [3.8, 4) is 16.9 Å². The van der Waals surface area contributed by atoms with Gasteiger partial charge >= 0.3 is 0 Å². The molecule has 0 amide bonds. The lowest BCUT2D eigenvalue weighted by molar-refractivity contribution is -0.666. The highest BCUT2D eigenvalue weighted by Crippen LogP contribution is 2.16. The number of nitrogens with one attached hydrogen (secondary N) is 1. The molecule has 1 aromatic heterocycles. The molecule has 1 N–H and O–H groups in total. The van der Waals surface area contributed by atoms with E-state index >= 15 is 0 Å². The van der Waals surface area contributed by atoms with Crippen molar-refractivity contribution in [3.05, 3.63) is 65.2 Å². The van der Waals surface area contributed by atoms with E-state index in [2.05, 4.69) is 5.27 Å². The molecule has 94 valence electrons. The summed E-state index contributed by atoms with van der Waals surface area (Å²) in [5.74, 6) is 0. The Morgan fingerprint density at radius 3 is 2.37 bits per heavy atom. The van der Waals surface area contributed by atoms with Crippen LogP contribution >= 0.6 is 11.6 Å². The molecule has 0 spiro atoms. The minimum absolute atomic E-state index is 0.0196. The van der Waals surface area contributed by atoms with Crippen LogP contribution in [0, 0.1) is 5.41 Å². The molecule has 0 unspecified atom stereocenters. The van der Waals surface area contributed by atoms with E-state index in [1.807, 2.05) is 42.5 Å². The number of halogens is 1. The topological polar surface area (TPSA) is 55.0 Å². The van der Waals surface area contributed by atoms with Gasteiger partial charge in [-0.2, -0.15) is 4.68 Å². The van der Waals surface area contributed by atoms with Crippen molar-refractivity contribution in [2.45, 2.75) is 0 Å². The third kappa shape index (κ3) is 2.18. The lowest BCUT2D eigenvalue weighted by atomic mass is 10.1. The predicted molar refractivity (Wildman–Crippen MR) is 69.9 cm³/mol. The highest BCUT2D eigenvalue weighted by atomic mass is 35.5. The van der Waals surface area contributed by atoms with Gasteiger partial charge in [0, 0.05) is 17.2 Å². The number of para-hydroxylation sites is 1. The van der Waals surface area contributed by atoms with Crippen LogP contribution in [0.1, 0.15) is 0 Å². The third-order valence-corrected chi connectivity index (χ3v) is 3.01. The number of benzene rings is 2. The second-order valence-corrected chi connectivity index (χ2v) is 4.44. The minimum atomic E-state index is 0.0196. The fraction of sp³-hybridized carbons (Fsp3) is 0. The van der Waals surface area contributed by atoms with E-state index in [9.17, 15) is 0 Å². The molecule has 0 bridgehead atoms. The Kier molecular flexibility index (Phi) is 2.93. The zero-order chi connectivity index (χ0) is 13.2. The second kappa shape index (κ2) is 4.74. The quantitative estimate of drug-likeness (QED) is 0.727. The Bertz CT molecular complexity index is 744. The van der Waals surface area contributed by atoms with Gasteiger partial charge in [-0.3, -0.25) is 5.41 Å². The lowest BCUT2D eigenvalue weighted by Crippen LogP contribution is -2.37. The van der Waals surface area contributed by atoms with E-state index in [1.165, 1.54) is 0 Å². The summed E-state index contributed by atoms with van der Waals surface area (Å²) in [6.45, 7) is 0. The highest BCUT2D eigenvalue weighted by molar-refractivity contribution is 6.30. The molecule has 0 aliphatic rings. The monoisotopic (exact) mass is 271 g/mol. The van der Waals surface area contributed by atoms with E-state index in [-0.39, 0.29) is 5.55 Å². The van der Waals surface area contributed by atoms with Gasteiger partial charge in [-0.25, -0.2) is 5.27 Å². The molecule has 0 atom stereocenters. The number of rotatable bonds is 2. The average molecular weight is 272 g/mol. The van der Waals surface area contributed by atoms with Crippen LogP contribution in [-0.2, 0) is 0 Å². The summed E-state index contributed by atoms with van der Waals surface area (Å²) in [6, 6.07) is 16.8. The van der Waals surface area contributed by atoms with Gasteiger partial charge in [-0.05, 0) is 24.3 Å². The van der Waals surface area contributed by atoms with Crippen LogP contribution in [0.25, 0.3) is 16.9 Å². The second-order valence-electron chi connectivity index (χ2n) is 4.00. The van der Waals surface area contributed by atoms with Crippen LogP contribution in [0.2, 0.25) is 5.02 Å². The van der Waals surface area contributed by atoms with E-state index in [4.69, 9.17) is 21.5 Å². The Morgan fingerprint density at radius 1 is 1.00 bits per heavy atom. The lowest BCUT2D eigenvalue weighted by Gasteiger charge is -2.01. The zero-order valence-electron chi connectivity index (χ0n) is 9.88. The Hall–Kier alpha value is -2.33. The maximum Gasteiger partial charge on any atom is 0.274 e. The summed E-state index contributed by atoms with van der Waals surface area (Å²) in [4.78, 5) is 0. The summed E-state index contributed by atoms with van der Waals surface area (Å²) in [5, 5.41) is 12.4. The maximum atomic E-state index is 7.85. The van der Waals surface area contributed by atoms with Gasteiger partial charge in [-0.1, -0.05) is 29.8 Å². The fourth-order valence-electron chi connectivity index (χ4n) is 1.87. The fourth-order valence-corrected chi connectivity index (χ4v) is 1.99. The van der Waals surface area contributed by atoms with E-state index in [1.54, 1.807) is 16.8 Å². The van der Waals surface area contributed by atoms with E-state index < -0.39 is 0 Å². The van der Waals surface area contributed by atoms with Crippen molar-refractivity contribution >= 4 is 11.6 Å². The molecule has 5 heteroatoms. The van der Waals surface area contributed by atoms with Crippen molar-refractivity contribution in [3.63, 3.8) is 0 Å². The minimum Gasteiger partial charge on any atom is -0.486 e. The summed E-state index contributed by atoms with van der Waals surface area (Å²) >= 11 is 5.88. The molecular weight excluding hydrogens is 262 g/mol. The Balaban J connectivity index is 2.19. The number of nitrogens with zero attached hydrogens (tertiary/aromatic N) is 2. The van der Waals surface area contributed by atoms with E-state index in [0.29, 0.717) is 10.7 Å². The predicted octanol–water partition coefficient (Wildman–Crippen LogP) is 2.31. The molecule has 3 aromatic rings. The van der Waals surface area contributed by atoms with Crippen LogP contribution in [0.4, 0.5) is 0 Å². The van der Waals surface area contributed by atoms with Gasteiger partial charge in [0.1, 0.15) is 0 Å². The SMILES string of the molecule is N=c1o[n-][n+](-c2ccccc2)c1-c1ccc(Cl)cc1. The Labute approximate surface area is 114 Å². The molecule has 0 saturated heterocycles. The van der Waals surface area contributed by atoms with Crippen LogP contribution in [0.5, 0.6) is 0 Å². The van der Waals surface area contributed by atoms with Crippen LogP contribution < -0.4 is 15.5 Å². The largest absolute Gasteiger partial charge is 0.486 e. The molecule has 0 fully saturated rings. The first-order chi connectivity index (χ1) is 9.25. The molecule has 0 aliphatic heterocycles. The summed E-state index contributed by atoms with van der Waals surface area (Å²) in [5.41, 5.74) is 2.29.